The van der Waals surface area contributed by atoms with E-state index in [2.05, 4.69) is 21.2 Å². The van der Waals surface area contributed by atoms with Gasteiger partial charge in [0.2, 0.25) is 11.8 Å². The van der Waals surface area contributed by atoms with Crippen molar-refractivity contribution in [1.29, 1.82) is 0 Å². The molecule has 2 amide bonds. The summed E-state index contributed by atoms with van der Waals surface area (Å²) in [6, 6.07) is 1.25. The van der Waals surface area contributed by atoms with Crippen LogP contribution in [0.2, 0.25) is 0 Å². The van der Waals surface area contributed by atoms with Gasteiger partial charge in [0.05, 0.1) is 6.54 Å². The van der Waals surface area contributed by atoms with Crippen LogP contribution in [0.5, 0.6) is 0 Å². The highest BCUT2D eigenvalue weighted by Gasteiger charge is 2.39. The fraction of sp³-hybridized carbons (Fsp3) is 0.571. The van der Waals surface area contributed by atoms with Gasteiger partial charge in [-0.1, -0.05) is 20.3 Å². The SMILES string of the molecule is CCCC1C(=O)NC(CC)C(=O)N1Cc1sccc1Br. The number of nitrogens with zero attached hydrogens (tertiary/aromatic N) is 1. The number of carbonyl (C=O) groups excluding carboxylic acids is 2. The highest BCUT2D eigenvalue weighted by molar-refractivity contribution is 9.10. The van der Waals surface area contributed by atoms with Gasteiger partial charge in [-0.05, 0) is 40.2 Å². The number of carbonyl (C=O) groups is 2. The zero-order valence-electron chi connectivity index (χ0n) is 11.7. The zero-order chi connectivity index (χ0) is 14.7. The first-order valence-corrected chi connectivity index (χ1v) is 8.58. The minimum Gasteiger partial charge on any atom is -0.343 e. The van der Waals surface area contributed by atoms with E-state index in [9.17, 15) is 9.59 Å². The van der Waals surface area contributed by atoms with Crippen molar-refractivity contribution in [2.75, 3.05) is 0 Å². The van der Waals surface area contributed by atoms with E-state index in [4.69, 9.17) is 0 Å². The van der Waals surface area contributed by atoms with Crippen molar-refractivity contribution < 1.29 is 9.59 Å². The van der Waals surface area contributed by atoms with Crippen LogP contribution in [0.4, 0.5) is 0 Å². The maximum absolute atomic E-state index is 12.5. The molecule has 1 N–H and O–H groups in total. The van der Waals surface area contributed by atoms with Crippen LogP contribution in [0.1, 0.15) is 38.0 Å². The summed E-state index contributed by atoms with van der Waals surface area (Å²) in [5.74, 6) is 0.0110. The molecule has 0 spiro atoms. The molecule has 2 rings (SSSR count). The van der Waals surface area contributed by atoms with Crippen molar-refractivity contribution in [2.45, 2.75) is 51.7 Å². The maximum atomic E-state index is 12.5. The quantitative estimate of drug-likeness (QED) is 0.879. The largest absolute Gasteiger partial charge is 0.343 e. The van der Waals surface area contributed by atoms with Gasteiger partial charge in [-0.25, -0.2) is 0 Å². The molecular weight excluding hydrogens is 340 g/mol. The third-order valence-electron chi connectivity index (χ3n) is 3.55. The van der Waals surface area contributed by atoms with Crippen molar-refractivity contribution in [3.8, 4) is 0 Å². The average Bonchev–Trinajstić information content (AvgIpc) is 2.83. The molecule has 1 saturated heterocycles. The number of halogens is 1. The number of piperazine rings is 1. The Morgan fingerprint density at radius 1 is 1.40 bits per heavy atom. The van der Waals surface area contributed by atoms with E-state index in [-0.39, 0.29) is 23.9 Å². The van der Waals surface area contributed by atoms with Crippen molar-refractivity contribution in [1.82, 2.24) is 10.2 Å². The second-order valence-corrected chi connectivity index (χ2v) is 6.79. The molecular formula is C14H19BrN2O2S. The Morgan fingerprint density at radius 2 is 2.15 bits per heavy atom. The van der Waals surface area contributed by atoms with Crippen LogP contribution in [0, 0.1) is 0 Å². The van der Waals surface area contributed by atoms with Crippen LogP contribution in [-0.2, 0) is 16.1 Å². The lowest BCUT2D eigenvalue weighted by molar-refractivity contribution is -0.150. The molecule has 1 aromatic rings. The predicted octanol–water partition coefficient (Wildman–Crippen LogP) is 2.92. The first-order chi connectivity index (χ1) is 9.58. The Balaban J connectivity index is 2.24. The highest BCUT2D eigenvalue weighted by atomic mass is 79.9. The van der Waals surface area contributed by atoms with Gasteiger partial charge in [0.15, 0.2) is 0 Å². The average molecular weight is 359 g/mol. The molecule has 0 aromatic carbocycles. The number of rotatable bonds is 5. The van der Waals surface area contributed by atoms with Crippen LogP contribution >= 0.6 is 27.3 Å². The first kappa shape index (κ1) is 15.5. The third kappa shape index (κ3) is 3.06. The molecule has 1 aliphatic rings. The lowest BCUT2D eigenvalue weighted by Crippen LogP contribution is -2.62. The summed E-state index contributed by atoms with van der Waals surface area (Å²) in [6.45, 7) is 4.46. The van der Waals surface area contributed by atoms with Crippen LogP contribution in [-0.4, -0.2) is 28.8 Å². The fourth-order valence-electron chi connectivity index (χ4n) is 2.44. The molecule has 1 aromatic heterocycles. The van der Waals surface area contributed by atoms with E-state index in [0.717, 1.165) is 15.8 Å². The zero-order valence-corrected chi connectivity index (χ0v) is 14.1. The first-order valence-electron chi connectivity index (χ1n) is 6.91. The molecule has 0 radical (unpaired) electrons. The Kier molecular flexibility index (Phi) is 5.21. The molecule has 0 bridgehead atoms. The van der Waals surface area contributed by atoms with Gasteiger partial charge in [-0.2, -0.15) is 0 Å². The molecule has 1 aliphatic heterocycles. The Labute approximate surface area is 131 Å². The molecule has 2 heterocycles. The summed E-state index contributed by atoms with van der Waals surface area (Å²) in [4.78, 5) is 27.6. The van der Waals surface area contributed by atoms with Crippen LogP contribution in [0.25, 0.3) is 0 Å². The summed E-state index contributed by atoms with van der Waals surface area (Å²) >= 11 is 5.09. The lowest BCUT2D eigenvalue weighted by atomic mass is 10.0. The number of nitrogens with one attached hydrogen (secondary N) is 1. The third-order valence-corrected chi connectivity index (χ3v) is 5.46. The van der Waals surface area contributed by atoms with Gasteiger partial charge < -0.3 is 10.2 Å². The number of hydrogen-bond donors (Lipinski definition) is 1. The minimum absolute atomic E-state index is 0.0222. The van der Waals surface area contributed by atoms with Gasteiger partial charge in [0, 0.05) is 9.35 Å². The Bertz CT molecular complexity index is 503. The summed E-state index contributed by atoms with van der Waals surface area (Å²) in [7, 11) is 0. The minimum atomic E-state index is -0.380. The molecule has 0 saturated carbocycles. The van der Waals surface area contributed by atoms with E-state index in [0.29, 0.717) is 19.4 Å². The van der Waals surface area contributed by atoms with Crippen molar-refractivity contribution >= 4 is 39.1 Å². The molecule has 2 atom stereocenters. The summed E-state index contributed by atoms with van der Waals surface area (Å²) in [5.41, 5.74) is 0. The number of amides is 2. The number of thiophene rings is 1. The van der Waals surface area contributed by atoms with Crippen LogP contribution in [0.3, 0.4) is 0 Å². The van der Waals surface area contributed by atoms with Crippen molar-refractivity contribution in [3.63, 3.8) is 0 Å². The standard InChI is InChI=1S/C14H19BrN2O2S/c1-3-5-11-13(18)16-10(4-2)14(19)17(11)8-12-9(15)6-7-20-12/h6-7,10-11H,3-5,8H2,1-2H3,(H,16,18). The predicted molar refractivity (Wildman–Crippen MR) is 83.5 cm³/mol. The van der Waals surface area contributed by atoms with Gasteiger partial charge in [-0.15, -0.1) is 11.3 Å². The van der Waals surface area contributed by atoms with Crippen molar-refractivity contribution in [3.05, 3.63) is 20.8 Å². The lowest BCUT2D eigenvalue weighted by Gasteiger charge is -2.38. The summed E-state index contributed by atoms with van der Waals surface area (Å²) in [6.07, 6.45) is 2.22. The summed E-state index contributed by atoms with van der Waals surface area (Å²) < 4.78 is 1.00. The van der Waals surface area contributed by atoms with Crippen molar-refractivity contribution in [2.24, 2.45) is 0 Å². The molecule has 20 heavy (non-hydrogen) atoms. The van der Waals surface area contributed by atoms with Gasteiger partial charge in [0.1, 0.15) is 12.1 Å². The van der Waals surface area contributed by atoms with Gasteiger partial charge >= 0.3 is 0 Å². The second-order valence-electron chi connectivity index (χ2n) is 4.93. The Morgan fingerprint density at radius 3 is 2.70 bits per heavy atom. The molecule has 2 unspecified atom stereocenters. The van der Waals surface area contributed by atoms with E-state index >= 15 is 0 Å². The van der Waals surface area contributed by atoms with Crippen LogP contribution in [0.15, 0.2) is 15.9 Å². The van der Waals surface area contributed by atoms with E-state index < -0.39 is 0 Å². The molecule has 0 aliphatic carbocycles. The smallest absolute Gasteiger partial charge is 0.246 e. The molecule has 1 fully saturated rings. The van der Waals surface area contributed by atoms with E-state index in [1.807, 2.05) is 25.3 Å². The maximum Gasteiger partial charge on any atom is 0.246 e. The summed E-state index contributed by atoms with van der Waals surface area (Å²) in [5, 5.41) is 4.82. The van der Waals surface area contributed by atoms with Gasteiger partial charge in [0.25, 0.3) is 0 Å². The van der Waals surface area contributed by atoms with Crippen LogP contribution < -0.4 is 5.32 Å². The molecule has 4 nitrogen and oxygen atoms in total. The monoisotopic (exact) mass is 358 g/mol. The second kappa shape index (κ2) is 6.72. The van der Waals surface area contributed by atoms with E-state index in [1.165, 1.54) is 0 Å². The fourth-order valence-corrected chi connectivity index (χ4v) is 3.92. The van der Waals surface area contributed by atoms with Gasteiger partial charge in [-0.3, -0.25) is 9.59 Å². The normalized spacial score (nSPS) is 23.1. The highest BCUT2D eigenvalue weighted by Crippen LogP contribution is 2.27. The topological polar surface area (TPSA) is 49.4 Å². The molecule has 6 heteroatoms. The molecule has 110 valence electrons. The number of hydrogen-bond acceptors (Lipinski definition) is 3. The Hall–Kier alpha value is -0.880. The van der Waals surface area contributed by atoms with E-state index in [1.54, 1.807) is 16.2 Å².